The molecular formula is C13H13BrFN3O. The monoisotopic (exact) mass is 325 g/mol. The molecule has 0 bridgehead atoms. The molecule has 0 aromatic heterocycles. The van der Waals surface area contributed by atoms with Crippen LogP contribution < -0.4 is 0 Å². The van der Waals surface area contributed by atoms with Gasteiger partial charge in [0.1, 0.15) is 5.82 Å². The van der Waals surface area contributed by atoms with Gasteiger partial charge in [-0.1, -0.05) is 6.07 Å². The van der Waals surface area contributed by atoms with Crippen LogP contribution in [0.15, 0.2) is 22.7 Å². The number of carbonyl (C=O) groups is 1. The van der Waals surface area contributed by atoms with E-state index in [1.165, 1.54) is 6.07 Å². The van der Waals surface area contributed by atoms with Gasteiger partial charge in [0, 0.05) is 26.2 Å². The molecule has 0 aliphatic carbocycles. The van der Waals surface area contributed by atoms with E-state index in [1.807, 2.05) is 4.90 Å². The van der Waals surface area contributed by atoms with E-state index in [9.17, 15) is 9.18 Å². The first-order chi connectivity index (χ1) is 9.13. The largest absolute Gasteiger partial charge is 0.336 e. The van der Waals surface area contributed by atoms with Crippen molar-refractivity contribution in [2.24, 2.45) is 0 Å². The van der Waals surface area contributed by atoms with Crippen molar-refractivity contribution in [3.8, 4) is 6.07 Å². The Morgan fingerprint density at radius 3 is 2.68 bits per heavy atom. The highest BCUT2D eigenvalue weighted by Gasteiger charge is 2.24. The highest BCUT2D eigenvalue weighted by Crippen LogP contribution is 2.20. The van der Waals surface area contributed by atoms with Gasteiger partial charge in [-0.2, -0.15) is 5.26 Å². The third-order valence-corrected chi connectivity index (χ3v) is 3.75. The van der Waals surface area contributed by atoms with E-state index < -0.39 is 5.82 Å². The van der Waals surface area contributed by atoms with E-state index >= 15 is 0 Å². The summed E-state index contributed by atoms with van der Waals surface area (Å²) in [4.78, 5) is 15.8. The van der Waals surface area contributed by atoms with E-state index in [1.54, 1.807) is 17.0 Å². The quantitative estimate of drug-likeness (QED) is 0.780. The minimum atomic E-state index is -0.521. The second-order valence-electron chi connectivity index (χ2n) is 4.33. The molecule has 0 N–H and O–H groups in total. The van der Waals surface area contributed by atoms with Gasteiger partial charge in [-0.15, -0.1) is 0 Å². The molecule has 1 aromatic rings. The summed E-state index contributed by atoms with van der Waals surface area (Å²) >= 11 is 3.08. The average Bonchev–Trinajstić information content (AvgIpc) is 2.42. The summed E-state index contributed by atoms with van der Waals surface area (Å²) in [7, 11) is 0. The molecule has 1 aliphatic rings. The molecule has 19 heavy (non-hydrogen) atoms. The Labute approximate surface area is 119 Å². The van der Waals surface area contributed by atoms with E-state index in [4.69, 9.17) is 5.26 Å². The lowest BCUT2D eigenvalue weighted by Crippen LogP contribution is -2.48. The Kier molecular flexibility index (Phi) is 4.51. The first kappa shape index (κ1) is 14.0. The second-order valence-corrected chi connectivity index (χ2v) is 5.18. The maximum absolute atomic E-state index is 13.9. The van der Waals surface area contributed by atoms with Crippen molar-refractivity contribution in [1.82, 2.24) is 9.80 Å². The maximum Gasteiger partial charge on any atom is 0.256 e. The third kappa shape index (κ3) is 3.11. The van der Waals surface area contributed by atoms with Crippen molar-refractivity contribution in [2.45, 2.75) is 0 Å². The fourth-order valence-corrected chi connectivity index (χ4v) is 2.41. The molecule has 2 rings (SSSR count). The zero-order valence-corrected chi connectivity index (χ0v) is 11.9. The van der Waals surface area contributed by atoms with Crippen LogP contribution in [0.4, 0.5) is 4.39 Å². The van der Waals surface area contributed by atoms with E-state index in [0.717, 1.165) is 0 Å². The van der Waals surface area contributed by atoms with Crippen LogP contribution in [0.1, 0.15) is 10.4 Å². The predicted molar refractivity (Wildman–Crippen MR) is 72.1 cm³/mol. The molecule has 6 heteroatoms. The highest BCUT2D eigenvalue weighted by molar-refractivity contribution is 9.10. The number of piperazine rings is 1. The molecule has 4 nitrogen and oxygen atoms in total. The van der Waals surface area contributed by atoms with Crippen molar-refractivity contribution in [1.29, 1.82) is 5.26 Å². The smallest absolute Gasteiger partial charge is 0.256 e. The van der Waals surface area contributed by atoms with Gasteiger partial charge < -0.3 is 4.90 Å². The topological polar surface area (TPSA) is 47.3 Å². The Morgan fingerprint density at radius 1 is 1.37 bits per heavy atom. The fraction of sp³-hybridized carbons (Fsp3) is 0.385. The number of benzene rings is 1. The zero-order chi connectivity index (χ0) is 13.8. The number of hydrogen-bond donors (Lipinski definition) is 0. The van der Waals surface area contributed by atoms with Crippen LogP contribution in [-0.4, -0.2) is 48.4 Å². The number of rotatable bonds is 2. The molecule has 1 aliphatic heterocycles. The number of carbonyl (C=O) groups excluding carboxylic acids is 1. The lowest BCUT2D eigenvalue weighted by molar-refractivity contribution is 0.0647. The van der Waals surface area contributed by atoms with Gasteiger partial charge in [-0.25, -0.2) is 4.39 Å². The van der Waals surface area contributed by atoms with Crippen LogP contribution in [0.3, 0.4) is 0 Å². The highest BCUT2D eigenvalue weighted by atomic mass is 79.9. The second kappa shape index (κ2) is 6.13. The first-order valence-corrected chi connectivity index (χ1v) is 6.75. The predicted octanol–water partition coefficient (Wildman–Crippen LogP) is 1.87. The molecule has 0 saturated carbocycles. The molecule has 100 valence electrons. The normalized spacial score (nSPS) is 16.2. The van der Waals surface area contributed by atoms with Crippen LogP contribution in [0.25, 0.3) is 0 Å². The lowest BCUT2D eigenvalue weighted by Gasteiger charge is -2.33. The number of halogens is 2. The van der Waals surface area contributed by atoms with Crippen molar-refractivity contribution in [3.05, 3.63) is 34.1 Å². The maximum atomic E-state index is 13.9. The minimum absolute atomic E-state index is 0.0862. The number of amides is 1. The summed E-state index contributed by atoms with van der Waals surface area (Å²) in [5, 5.41) is 8.61. The van der Waals surface area contributed by atoms with Crippen molar-refractivity contribution < 1.29 is 9.18 Å². The number of nitrogens with zero attached hydrogens (tertiary/aromatic N) is 3. The molecular weight excluding hydrogens is 313 g/mol. The zero-order valence-electron chi connectivity index (χ0n) is 10.3. The summed E-state index contributed by atoms with van der Waals surface area (Å²) < 4.78 is 14.1. The summed E-state index contributed by atoms with van der Waals surface area (Å²) in [6.45, 7) is 2.70. The molecule has 1 heterocycles. The molecule has 1 fully saturated rings. The van der Waals surface area contributed by atoms with Gasteiger partial charge in [-0.3, -0.25) is 9.69 Å². The van der Waals surface area contributed by atoms with Crippen molar-refractivity contribution in [2.75, 3.05) is 32.7 Å². The van der Waals surface area contributed by atoms with E-state index in [0.29, 0.717) is 37.2 Å². The summed E-state index contributed by atoms with van der Waals surface area (Å²) in [5.74, 6) is -0.817. The fourth-order valence-electron chi connectivity index (χ4n) is 2.05. The van der Waals surface area contributed by atoms with Gasteiger partial charge in [-0.05, 0) is 28.1 Å². The van der Waals surface area contributed by atoms with Gasteiger partial charge in [0.05, 0.1) is 22.7 Å². The molecule has 0 atom stereocenters. The van der Waals surface area contributed by atoms with Gasteiger partial charge >= 0.3 is 0 Å². The van der Waals surface area contributed by atoms with Crippen LogP contribution >= 0.6 is 15.9 Å². The standard InChI is InChI=1S/C13H13BrFN3O/c14-11-3-1-2-10(12(11)15)13(19)18-8-6-17(5-4-16)7-9-18/h1-3H,5-9H2. The minimum Gasteiger partial charge on any atom is -0.336 e. The molecule has 1 aromatic carbocycles. The van der Waals surface area contributed by atoms with E-state index in [2.05, 4.69) is 22.0 Å². The van der Waals surface area contributed by atoms with Gasteiger partial charge in [0.25, 0.3) is 5.91 Å². The number of hydrogen-bond acceptors (Lipinski definition) is 3. The first-order valence-electron chi connectivity index (χ1n) is 5.96. The van der Waals surface area contributed by atoms with Crippen LogP contribution in [0.2, 0.25) is 0 Å². The molecule has 1 amide bonds. The van der Waals surface area contributed by atoms with Crippen LogP contribution in [-0.2, 0) is 0 Å². The molecule has 0 unspecified atom stereocenters. The Balaban J connectivity index is 2.06. The van der Waals surface area contributed by atoms with Crippen LogP contribution in [0, 0.1) is 17.1 Å². The average molecular weight is 326 g/mol. The Morgan fingerprint density at radius 2 is 2.05 bits per heavy atom. The summed E-state index contributed by atoms with van der Waals surface area (Å²) in [5.41, 5.74) is 0.0862. The lowest BCUT2D eigenvalue weighted by atomic mass is 10.1. The van der Waals surface area contributed by atoms with Gasteiger partial charge in [0.15, 0.2) is 0 Å². The van der Waals surface area contributed by atoms with Crippen molar-refractivity contribution in [3.63, 3.8) is 0 Å². The third-order valence-electron chi connectivity index (χ3n) is 3.14. The molecule has 1 saturated heterocycles. The molecule has 0 radical (unpaired) electrons. The Bertz CT molecular complexity index is 521. The van der Waals surface area contributed by atoms with Crippen LogP contribution in [0.5, 0.6) is 0 Å². The Hall–Kier alpha value is -1.45. The van der Waals surface area contributed by atoms with Crippen molar-refractivity contribution >= 4 is 21.8 Å². The summed E-state index contributed by atoms with van der Waals surface area (Å²) in [6.07, 6.45) is 0. The number of nitriles is 1. The molecule has 0 spiro atoms. The van der Waals surface area contributed by atoms with E-state index in [-0.39, 0.29) is 11.5 Å². The SMILES string of the molecule is N#CCN1CCN(C(=O)c2cccc(Br)c2F)CC1. The summed E-state index contributed by atoms with van der Waals surface area (Å²) in [6, 6.07) is 6.79. The van der Waals surface area contributed by atoms with Gasteiger partial charge in [0.2, 0.25) is 0 Å².